The lowest BCUT2D eigenvalue weighted by molar-refractivity contribution is -0.143. The van der Waals surface area contributed by atoms with Crippen molar-refractivity contribution < 1.29 is 19.1 Å². The molecule has 1 unspecified atom stereocenters. The third-order valence-corrected chi connectivity index (χ3v) is 2.69. The highest BCUT2D eigenvalue weighted by Crippen LogP contribution is 2.18. The number of ether oxygens (including phenoxy) is 2. The number of rotatable bonds is 6. The van der Waals surface area contributed by atoms with Gasteiger partial charge in [0.1, 0.15) is 12.4 Å². The number of carbonyl (C=O) groups excluding carboxylic acids is 2. The Morgan fingerprint density at radius 1 is 1.52 bits per heavy atom. The summed E-state index contributed by atoms with van der Waals surface area (Å²) < 4.78 is 9.95. The van der Waals surface area contributed by atoms with Crippen molar-refractivity contribution in [1.29, 1.82) is 0 Å². The average molecular weight is 407 g/mol. The summed E-state index contributed by atoms with van der Waals surface area (Å²) in [7, 11) is 3.22. The van der Waals surface area contributed by atoms with Crippen molar-refractivity contribution in [3.8, 4) is 0 Å². The number of hydrogen-bond donors (Lipinski definition) is 1. The summed E-state index contributed by atoms with van der Waals surface area (Å²) in [6.45, 7) is 1.92. The summed E-state index contributed by atoms with van der Waals surface area (Å²) in [4.78, 5) is 28.7. The van der Waals surface area contributed by atoms with Crippen molar-refractivity contribution in [3.63, 3.8) is 0 Å². The lowest BCUT2D eigenvalue weighted by Crippen LogP contribution is -2.30. The molecule has 0 fully saturated rings. The second kappa shape index (κ2) is 8.78. The third kappa shape index (κ3) is 5.84. The van der Waals surface area contributed by atoms with Gasteiger partial charge in [0, 0.05) is 18.8 Å². The van der Waals surface area contributed by atoms with Gasteiger partial charge in [0.25, 0.3) is 0 Å². The molecule has 0 aromatic carbocycles. The predicted molar refractivity (Wildman–Crippen MR) is 86.3 cm³/mol. The van der Waals surface area contributed by atoms with E-state index in [2.05, 4.69) is 10.3 Å². The van der Waals surface area contributed by atoms with Crippen LogP contribution in [0.2, 0.25) is 0 Å². The Balaban J connectivity index is 2.78. The number of aromatic nitrogens is 1. The van der Waals surface area contributed by atoms with Crippen LogP contribution in [0, 0.1) is 0 Å². The van der Waals surface area contributed by atoms with Crippen molar-refractivity contribution in [1.82, 2.24) is 10.3 Å². The first kappa shape index (κ1) is 17.6. The first-order valence-corrected chi connectivity index (χ1v) is 7.52. The lowest BCUT2D eigenvalue weighted by atomic mass is 10.2. The summed E-state index contributed by atoms with van der Waals surface area (Å²) in [5, 5.41) is 2.71. The van der Waals surface area contributed by atoms with Gasteiger partial charge in [0.15, 0.2) is 4.11 Å². The monoisotopic (exact) mass is 407 g/mol. The summed E-state index contributed by atoms with van der Waals surface area (Å²) in [5.41, 5.74) is 0.627. The minimum atomic E-state index is -0.515. The third-order valence-electron chi connectivity index (χ3n) is 2.43. The van der Waals surface area contributed by atoms with E-state index in [-0.39, 0.29) is 23.2 Å². The Bertz CT molecular complexity index is 496. The Kier molecular flexibility index (Phi) is 7.37. The molecule has 1 aromatic rings. The Morgan fingerprint density at radius 2 is 2.24 bits per heavy atom. The molecule has 0 aliphatic heterocycles. The lowest BCUT2D eigenvalue weighted by Gasteiger charge is -2.19. The molecule has 1 N–H and O–H groups in total. The van der Waals surface area contributed by atoms with Crippen LogP contribution < -0.4 is 10.2 Å². The van der Waals surface area contributed by atoms with Gasteiger partial charge in [0.05, 0.1) is 6.54 Å². The fraction of sp³-hybridized carbons (Fsp3) is 0.462. The van der Waals surface area contributed by atoms with Gasteiger partial charge in [-0.25, -0.2) is 9.78 Å². The van der Waals surface area contributed by atoms with Crippen LogP contribution in [0.25, 0.3) is 0 Å². The van der Waals surface area contributed by atoms with Gasteiger partial charge in [-0.05, 0) is 42.6 Å². The summed E-state index contributed by atoms with van der Waals surface area (Å²) in [6, 6.07) is 3.46. The molecule has 0 saturated carbocycles. The van der Waals surface area contributed by atoms with E-state index in [0.29, 0.717) is 11.4 Å². The second-order valence-electron chi connectivity index (χ2n) is 4.16. The fourth-order valence-electron chi connectivity index (χ4n) is 1.50. The molecule has 0 radical (unpaired) electrons. The van der Waals surface area contributed by atoms with E-state index in [1.807, 2.05) is 22.6 Å². The Morgan fingerprint density at radius 3 is 2.86 bits per heavy atom. The van der Waals surface area contributed by atoms with Gasteiger partial charge in [-0.1, -0.05) is 6.07 Å². The van der Waals surface area contributed by atoms with Gasteiger partial charge in [-0.2, -0.15) is 0 Å². The zero-order valence-corrected chi connectivity index (χ0v) is 14.3. The number of anilines is 1. The number of likely N-dealkylation sites (N-methyl/N-ethyl adjacent to an activating group) is 1. The molecule has 0 aliphatic rings. The SMILES string of the molecule is CNCC(=O)OCc1cccnc1N(C)C(=O)OC(C)I. The number of hydrogen-bond acceptors (Lipinski definition) is 6. The molecule has 21 heavy (non-hydrogen) atoms. The van der Waals surface area contributed by atoms with Crippen LogP contribution in [0.5, 0.6) is 0 Å². The van der Waals surface area contributed by atoms with E-state index in [4.69, 9.17) is 9.47 Å². The maximum absolute atomic E-state index is 11.9. The van der Waals surface area contributed by atoms with Gasteiger partial charge in [0.2, 0.25) is 0 Å². The topological polar surface area (TPSA) is 80.8 Å². The number of amides is 1. The largest absolute Gasteiger partial charge is 0.460 e. The summed E-state index contributed by atoms with van der Waals surface area (Å²) in [5.74, 6) is 0.0234. The van der Waals surface area contributed by atoms with Gasteiger partial charge in [-0.15, -0.1) is 0 Å². The van der Waals surface area contributed by atoms with E-state index >= 15 is 0 Å². The average Bonchev–Trinajstić information content (AvgIpc) is 2.44. The minimum Gasteiger partial charge on any atom is -0.460 e. The predicted octanol–water partition coefficient (Wildman–Crippen LogP) is 1.70. The van der Waals surface area contributed by atoms with Crippen LogP contribution in [0.1, 0.15) is 12.5 Å². The maximum atomic E-state index is 11.9. The molecule has 8 heteroatoms. The van der Waals surface area contributed by atoms with E-state index in [9.17, 15) is 9.59 Å². The van der Waals surface area contributed by atoms with Crippen LogP contribution in [0.15, 0.2) is 18.3 Å². The molecule has 1 amide bonds. The smallest absolute Gasteiger partial charge is 0.416 e. The number of alkyl halides is 1. The standard InChI is InChI=1S/C13H18IN3O4/c1-9(14)21-13(19)17(3)12-10(5-4-6-16-12)8-20-11(18)7-15-2/h4-6,9,15H,7-8H2,1-3H3. The van der Waals surface area contributed by atoms with Crippen LogP contribution >= 0.6 is 22.6 Å². The van der Waals surface area contributed by atoms with Crippen LogP contribution in [0.4, 0.5) is 10.6 Å². The molecular formula is C13H18IN3O4. The highest BCUT2D eigenvalue weighted by Gasteiger charge is 2.19. The number of nitrogens with zero attached hydrogens (tertiary/aromatic N) is 2. The van der Waals surface area contributed by atoms with Crippen molar-refractivity contribution in [3.05, 3.63) is 23.9 Å². The molecule has 0 aliphatic carbocycles. The second-order valence-corrected chi connectivity index (χ2v) is 5.92. The fourth-order valence-corrected chi connectivity index (χ4v) is 1.72. The Labute approximate surface area is 137 Å². The zero-order valence-electron chi connectivity index (χ0n) is 12.1. The molecule has 116 valence electrons. The number of esters is 1. The molecular weight excluding hydrogens is 389 g/mol. The van der Waals surface area contributed by atoms with E-state index < -0.39 is 6.09 Å². The van der Waals surface area contributed by atoms with Gasteiger partial charge < -0.3 is 14.8 Å². The normalized spacial score (nSPS) is 11.6. The van der Waals surface area contributed by atoms with Crippen LogP contribution in [0.3, 0.4) is 0 Å². The van der Waals surface area contributed by atoms with Crippen LogP contribution in [-0.2, 0) is 20.9 Å². The highest BCUT2D eigenvalue weighted by molar-refractivity contribution is 14.1. The van der Waals surface area contributed by atoms with Crippen LogP contribution in [-0.4, -0.2) is 41.8 Å². The maximum Gasteiger partial charge on any atom is 0.416 e. The first-order valence-electron chi connectivity index (χ1n) is 6.28. The van der Waals surface area contributed by atoms with E-state index in [0.717, 1.165) is 0 Å². The number of pyridine rings is 1. The minimum absolute atomic E-state index is 0.0428. The molecule has 1 rings (SSSR count). The van der Waals surface area contributed by atoms with Crippen molar-refractivity contribution >= 4 is 40.5 Å². The van der Waals surface area contributed by atoms with Crippen molar-refractivity contribution in [2.45, 2.75) is 17.6 Å². The number of halogens is 1. The molecule has 0 bridgehead atoms. The number of nitrogens with one attached hydrogen (secondary N) is 1. The van der Waals surface area contributed by atoms with E-state index in [1.54, 1.807) is 39.3 Å². The van der Waals surface area contributed by atoms with Gasteiger partial charge >= 0.3 is 12.1 Å². The molecule has 1 atom stereocenters. The Hall–Kier alpha value is -1.42. The number of carbonyl (C=O) groups is 2. The quantitative estimate of drug-likeness (QED) is 0.439. The zero-order chi connectivity index (χ0) is 15.8. The molecule has 0 saturated heterocycles. The molecule has 7 nitrogen and oxygen atoms in total. The van der Waals surface area contributed by atoms with Gasteiger partial charge in [-0.3, -0.25) is 9.69 Å². The first-order chi connectivity index (χ1) is 9.95. The molecule has 1 heterocycles. The van der Waals surface area contributed by atoms with Crippen molar-refractivity contribution in [2.24, 2.45) is 0 Å². The van der Waals surface area contributed by atoms with Crippen molar-refractivity contribution in [2.75, 3.05) is 25.5 Å². The van der Waals surface area contributed by atoms with E-state index in [1.165, 1.54) is 4.90 Å². The highest BCUT2D eigenvalue weighted by atomic mass is 127. The summed E-state index contributed by atoms with van der Waals surface area (Å²) in [6.07, 6.45) is 1.05. The molecule has 1 aromatic heterocycles. The molecule has 0 spiro atoms. The summed E-state index contributed by atoms with van der Waals surface area (Å²) >= 11 is 1.99.